The number of ether oxygens (including phenoxy) is 1. The van der Waals surface area contributed by atoms with Gasteiger partial charge in [-0.1, -0.05) is 65.7 Å². The van der Waals surface area contributed by atoms with Gasteiger partial charge in [-0.25, -0.2) is 9.78 Å². The quantitative estimate of drug-likeness (QED) is 0.136. The largest absolute Gasteiger partial charge is 0.462 e. The Hall–Kier alpha value is -3.33. The van der Waals surface area contributed by atoms with Gasteiger partial charge in [0.05, 0.1) is 33.8 Å². The highest BCUT2D eigenvalue weighted by Crippen LogP contribution is 2.34. The van der Waals surface area contributed by atoms with Gasteiger partial charge >= 0.3 is 5.97 Å². The molecule has 0 aliphatic rings. The molecule has 1 heterocycles. The molecular weight excluding hydrogens is 522 g/mol. The number of aromatic nitrogens is 1. The van der Waals surface area contributed by atoms with E-state index in [1.54, 1.807) is 6.07 Å². The van der Waals surface area contributed by atoms with E-state index in [0.29, 0.717) is 40.7 Å². The summed E-state index contributed by atoms with van der Waals surface area (Å²) < 4.78 is 6.42. The first-order valence-electron chi connectivity index (χ1n) is 14.3. The minimum atomic E-state index is -0.311. The predicted molar refractivity (Wildman–Crippen MR) is 169 cm³/mol. The molecule has 0 fully saturated rings. The van der Waals surface area contributed by atoms with Gasteiger partial charge in [-0.2, -0.15) is 0 Å². The number of rotatable bonds is 14. The Labute approximate surface area is 242 Å². The number of hydrogen-bond donors (Lipinski definition) is 3. The number of aryl methyl sites for hydroxylation is 1. The minimum Gasteiger partial charge on any atom is -0.462 e. The summed E-state index contributed by atoms with van der Waals surface area (Å²) in [6.07, 6.45) is 1.97. The van der Waals surface area contributed by atoms with Crippen molar-refractivity contribution in [2.45, 2.75) is 68.2 Å². The van der Waals surface area contributed by atoms with Crippen LogP contribution in [0.3, 0.4) is 0 Å². The van der Waals surface area contributed by atoms with E-state index in [1.807, 2.05) is 24.3 Å². The zero-order chi connectivity index (χ0) is 29.4. The first kappa shape index (κ1) is 31.2. The van der Waals surface area contributed by atoms with Crippen molar-refractivity contribution in [3.05, 3.63) is 41.5 Å². The molecule has 3 aromatic rings. The molecule has 0 atom stereocenters. The van der Waals surface area contributed by atoms with E-state index in [4.69, 9.17) is 4.74 Å². The molecule has 0 aliphatic carbocycles. The van der Waals surface area contributed by atoms with Crippen molar-refractivity contribution >= 4 is 55.6 Å². The van der Waals surface area contributed by atoms with Crippen molar-refractivity contribution in [2.24, 2.45) is 17.8 Å². The van der Waals surface area contributed by atoms with Crippen LogP contribution in [0.15, 0.2) is 30.3 Å². The topological polar surface area (TPSA) is 95.6 Å². The second-order valence-electron chi connectivity index (χ2n) is 11.3. The monoisotopic (exact) mass is 567 g/mol. The van der Waals surface area contributed by atoms with Crippen LogP contribution < -0.4 is 21.1 Å². The van der Waals surface area contributed by atoms with Gasteiger partial charge < -0.3 is 15.0 Å². The van der Waals surface area contributed by atoms with Crippen LogP contribution in [0.25, 0.3) is 10.2 Å². The lowest BCUT2D eigenvalue weighted by molar-refractivity contribution is -0.114. The van der Waals surface area contributed by atoms with Gasteiger partial charge in [0.1, 0.15) is 0 Å². The summed E-state index contributed by atoms with van der Waals surface area (Å²) in [4.78, 5) is 31.7. The Morgan fingerprint density at radius 3 is 2.25 bits per heavy atom. The van der Waals surface area contributed by atoms with Crippen LogP contribution in [-0.4, -0.2) is 36.6 Å². The molecule has 218 valence electrons. The maximum absolute atomic E-state index is 12.6. The summed E-state index contributed by atoms with van der Waals surface area (Å²) >= 11 is 1.44. The van der Waals surface area contributed by atoms with E-state index >= 15 is 0 Å². The third-order valence-electron chi connectivity index (χ3n) is 6.69. The molecule has 0 saturated carbocycles. The number of carbonyl (C=O) groups excluding carboxylic acids is 2. The number of thiazole rings is 1. The van der Waals surface area contributed by atoms with Gasteiger partial charge in [0.25, 0.3) is 0 Å². The van der Waals surface area contributed by atoms with Crippen molar-refractivity contribution in [3.63, 3.8) is 0 Å². The Kier molecular flexibility index (Phi) is 11.2. The summed E-state index contributed by atoms with van der Waals surface area (Å²) in [5.74, 6) is 0.947. The summed E-state index contributed by atoms with van der Waals surface area (Å²) in [5, 5.41) is 3.62. The van der Waals surface area contributed by atoms with E-state index in [1.165, 1.54) is 18.3 Å². The smallest absolute Gasteiger partial charge is 0.338 e. The zero-order valence-electron chi connectivity index (χ0n) is 25.2. The number of esters is 1. The van der Waals surface area contributed by atoms with Crippen LogP contribution in [0.2, 0.25) is 0 Å². The maximum atomic E-state index is 12.6. The number of hydrazine groups is 1. The third kappa shape index (κ3) is 8.58. The summed E-state index contributed by atoms with van der Waals surface area (Å²) in [7, 11) is 0. The lowest BCUT2D eigenvalue weighted by atomic mass is 10.1. The average molecular weight is 568 g/mol. The molecule has 1 amide bonds. The molecule has 0 spiro atoms. The van der Waals surface area contributed by atoms with Gasteiger partial charge in [-0.3, -0.25) is 15.6 Å². The number of anilines is 4. The van der Waals surface area contributed by atoms with E-state index in [9.17, 15) is 9.59 Å². The van der Waals surface area contributed by atoms with Crippen LogP contribution in [0, 0.1) is 24.7 Å². The van der Waals surface area contributed by atoms with Crippen LogP contribution in [0.5, 0.6) is 0 Å². The lowest BCUT2D eigenvalue weighted by Gasteiger charge is -2.31. The SMILES string of the molecule is CCC(CC)COC(=O)c1ccc2nc(NNc3cc(C)c(N(CC(C)C)CC(C)C)cc3NC(C)=O)sc2c1. The lowest BCUT2D eigenvalue weighted by Crippen LogP contribution is -2.32. The zero-order valence-corrected chi connectivity index (χ0v) is 26.0. The van der Waals surface area contributed by atoms with Gasteiger partial charge in [-0.05, 0) is 60.6 Å². The van der Waals surface area contributed by atoms with Crippen LogP contribution in [0.4, 0.5) is 22.2 Å². The third-order valence-corrected chi connectivity index (χ3v) is 7.63. The molecule has 40 heavy (non-hydrogen) atoms. The van der Waals surface area contributed by atoms with Crippen molar-refractivity contribution in [1.82, 2.24) is 4.98 Å². The van der Waals surface area contributed by atoms with Crippen molar-refractivity contribution in [3.8, 4) is 0 Å². The second-order valence-corrected chi connectivity index (χ2v) is 12.3. The van der Waals surface area contributed by atoms with Gasteiger partial charge in [0, 0.05) is 25.7 Å². The summed E-state index contributed by atoms with van der Waals surface area (Å²) in [6.45, 7) is 19.0. The number of hydrogen-bond acceptors (Lipinski definition) is 8. The minimum absolute atomic E-state index is 0.138. The number of nitrogens with zero attached hydrogens (tertiary/aromatic N) is 2. The molecule has 8 nitrogen and oxygen atoms in total. The average Bonchev–Trinajstić information content (AvgIpc) is 3.30. The van der Waals surface area contributed by atoms with Crippen LogP contribution in [-0.2, 0) is 9.53 Å². The van der Waals surface area contributed by atoms with E-state index < -0.39 is 0 Å². The molecule has 9 heteroatoms. The first-order chi connectivity index (χ1) is 19.0. The molecule has 2 aromatic carbocycles. The summed E-state index contributed by atoms with van der Waals surface area (Å²) in [5.41, 5.74) is 11.4. The standard InChI is InChI=1S/C31H45N5O3S/c1-9-23(10-2)18-39-30(38)24-11-12-25-29(14-24)40-31(33-25)35-34-27-13-21(7)28(15-26(27)32-22(8)37)36(16-19(3)4)17-20(5)6/h11-15,19-20,23,34H,9-10,16-18H2,1-8H3,(H,32,37)(H,33,35). The van der Waals surface area contributed by atoms with Gasteiger partial charge in [0.2, 0.25) is 11.0 Å². The van der Waals surface area contributed by atoms with Gasteiger partial charge in [-0.15, -0.1) is 0 Å². The number of nitrogens with one attached hydrogen (secondary N) is 3. The molecule has 3 rings (SSSR count). The molecule has 1 aromatic heterocycles. The number of carbonyl (C=O) groups is 2. The van der Waals surface area contributed by atoms with Crippen molar-refractivity contribution in [1.29, 1.82) is 0 Å². The molecule has 0 saturated heterocycles. The molecule has 0 radical (unpaired) electrons. The van der Waals surface area contributed by atoms with Crippen molar-refractivity contribution < 1.29 is 14.3 Å². The Bertz CT molecular complexity index is 1290. The van der Waals surface area contributed by atoms with Crippen molar-refractivity contribution in [2.75, 3.05) is 40.8 Å². The Morgan fingerprint density at radius 1 is 0.975 bits per heavy atom. The molecular formula is C31H45N5O3S. The van der Waals surface area contributed by atoms with Crippen LogP contribution in [0.1, 0.15) is 77.2 Å². The van der Waals surface area contributed by atoms with E-state index in [0.717, 1.165) is 53.1 Å². The predicted octanol–water partition coefficient (Wildman–Crippen LogP) is 7.71. The Balaban J connectivity index is 1.80. The summed E-state index contributed by atoms with van der Waals surface area (Å²) in [6, 6.07) is 9.51. The molecule has 3 N–H and O–H groups in total. The fourth-order valence-corrected chi connectivity index (χ4v) is 5.47. The second kappa shape index (κ2) is 14.3. The van der Waals surface area contributed by atoms with Gasteiger partial charge in [0.15, 0.2) is 0 Å². The molecule has 0 unspecified atom stereocenters. The van der Waals surface area contributed by atoms with Crippen LogP contribution >= 0.6 is 11.3 Å². The molecule has 0 aliphatic heterocycles. The highest BCUT2D eigenvalue weighted by Gasteiger charge is 2.17. The number of benzene rings is 2. The number of amides is 1. The maximum Gasteiger partial charge on any atom is 0.338 e. The molecule has 0 bridgehead atoms. The fourth-order valence-electron chi connectivity index (χ4n) is 4.61. The van der Waals surface area contributed by atoms with E-state index in [2.05, 4.69) is 74.5 Å². The Morgan fingerprint density at radius 2 is 1.65 bits per heavy atom. The highest BCUT2D eigenvalue weighted by atomic mass is 32.1. The van der Waals surface area contributed by atoms with E-state index in [-0.39, 0.29) is 11.9 Å². The fraction of sp³-hybridized carbons (Fsp3) is 0.516. The number of fused-ring (bicyclic) bond motifs is 1. The first-order valence-corrected chi connectivity index (χ1v) is 15.1. The highest BCUT2D eigenvalue weighted by molar-refractivity contribution is 7.22. The normalized spacial score (nSPS) is 11.4.